The number of hydrogen-bond acceptors (Lipinski definition) is 3. The summed E-state index contributed by atoms with van der Waals surface area (Å²) in [6.07, 6.45) is 3.40. The van der Waals surface area contributed by atoms with Crippen LogP contribution in [0.2, 0.25) is 0 Å². The summed E-state index contributed by atoms with van der Waals surface area (Å²) in [6.45, 7) is 0. The van der Waals surface area contributed by atoms with Crippen molar-refractivity contribution in [2.75, 3.05) is 7.11 Å². The maximum absolute atomic E-state index is 13.4. The Morgan fingerprint density at radius 1 is 1.09 bits per heavy atom. The summed E-state index contributed by atoms with van der Waals surface area (Å²) in [5.41, 5.74) is 1.10. The number of fused-ring (bicyclic) bond motifs is 1. The minimum Gasteiger partial charge on any atom is -0.493 e. The molecule has 0 saturated carbocycles. The SMILES string of the molecule is COc1cc(F)c(F)cc1Oc1cccn2cc(C#N)cc12. The lowest BCUT2D eigenvalue weighted by Crippen LogP contribution is -1.95. The molecule has 1 aromatic carbocycles. The van der Waals surface area contributed by atoms with Gasteiger partial charge in [0.2, 0.25) is 0 Å². The van der Waals surface area contributed by atoms with Gasteiger partial charge in [-0.1, -0.05) is 0 Å². The molecule has 4 nitrogen and oxygen atoms in total. The molecule has 0 saturated heterocycles. The van der Waals surface area contributed by atoms with Gasteiger partial charge in [0.25, 0.3) is 0 Å². The standard InChI is InChI=1S/C16H10F2N2O2/c1-21-15-6-11(17)12(18)7-16(15)22-14-3-2-4-20-9-10(8-19)5-13(14)20/h2-7,9H,1H3. The van der Waals surface area contributed by atoms with Crippen LogP contribution in [0.25, 0.3) is 5.52 Å². The Kier molecular flexibility index (Phi) is 3.39. The van der Waals surface area contributed by atoms with E-state index in [4.69, 9.17) is 14.7 Å². The molecule has 22 heavy (non-hydrogen) atoms. The van der Waals surface area contributed by atoms with Gasteiger partial charge in [-0.3, -0.25) is 0 Å². The molecule has 0 amide bonds. The quantitative estimate of drug-likeness (QED) is 0.737. The Bertz CT molecular complexity index is 897. The minimum atomic E-state index is -1.03. The summed E-state index contributed by atoms with van der Waals surface area (Å²) in [5.74, 6) is -1.52. The second-order valence-electron chi connectivity index (χ2n) is 4.52. The molecule has 0 spiro atoms. The topological polar surface area (TPSA) is 46.7 Å². The summed E-state index contributed by atoms with van der Waals surface area (Å²) in [5, 5.41) is 8.95. The molecule has 0 aliphatic rings. The molecule has 0 aliphatic carbocycles. The van der Waals surface area contributed by atoms with E-state index in [1.54, 1.807) is 35.0 Å². The van der Waals surface area contributed by atoms with Gasteiger partial charge in [0.15, 0.2) is 28.9 Å². The highest BCUT2D eigenvalue weighted by molar-refractivity contribution is 5.65. The molecule has 6 heteroatoms. The number of nitriles is 1. The largest absolute Gasteiger partial charge is 0.493 e. The number of ether oxygens (including phenoxy) is 2. The first-order valence-electron chi connectivity index (χ1n) is 6.34. The number of aromatic nitrogens is 1. The number of nitrogens with zero attached hydrogens (tertiary/aromatic N) is 2. The van der Waals surface area contributed by atoms with E-state index in [1.165, 1.54) is 7.11 Å². The molecule has 3 aromatic rings. The molecule has 3 rings (SSSR count). The maximum Gasteiger partial charge on any atom is 0.172 e. The molecule has 0 atom stereocenters. The molecule has 0 bridgehead atoms. The highest BCUT2D eigenvalue weighted by Crippen LogP contribution is 2.35. The smallest absolute Gasteiger partial charge is 0.172 e. The van der Waals surface area contributed by atoms with Gasteiger partial charge >= 0.3 is 0 Å². The van der Waals surface area contributed by atoms with E-state index in [1.807, 2.05) is 6.07 Å². The lowest BCUT2D eigenvalue weighted by atomic mass is 10.3. The van der Waals surface area contributed by atoms with Crippen LogP contribution in [-0.4, -0.2) is 11.5 Å². The van der Waals surface area contributed by atoms with Crippen LogP contribution >= 0.6 is 0 Å². The zero-order chi connectivity index (χ0) is 15.7. The van der Waals surface area contributed by atoms with E-state index in [2.05, 4.69) is 0 Å². The zero-order valence-electron chi connectivity index (χ0n) is 11.5. The Morgan fingerprint density at radius 2 is 1.82 bits per heavy atom. The Morgan fingerprint density at radius 3 is 2.50 bits per heavy atom. The third kappa shape index (κ3) is 2.33. The third-order valence-corrected chi connectivity index (χ3v) is 3.15. The number of benzene rings is 1. The second kappa shape index (κ2) is 5.37. The first-order chi connectivity index (χ1) is 10.6. The number of pyridine rings is 1. The predicted octanol–water partition coefficient (Wildman–Crippen LogP) is 3.89. The summed E-state index contributed by atoms with van der Waals surface area (Å²) in [7, 11) is 1.34. The molecule has 0 N–H and O–H groups in total. The number of hydrogen-bond donors (Lipinski definition) is 0. The average molecular weight is 300 g/mol. The van der Waals surface area contributed by atoms with Crippen molar-refractivity contribution in [3.63, 3.8) is 0 Å². The molecule has 0 aliphatic heterocycles. The number of rotatable bonds is 3. The van der Waals surface area contributed by atoms with Gasteiger partial charge in [-0.2, -0.15) is 5.26 Å². The third-order valence-electron chi connectivity index (χ3n) is 3.15. The Labute approximate surface area is 124 Å². The van der Waals surface area contributed by atoms with E-state index < -0.39 is 11.6 Å². The number of halogens is 2. The monoisotopic (exact) mass is 300 g/mol. The van der Waals surface area contributed by atoms with Crippen LogP contribution in [0, 0.1) is 23.0 Å². The lowest BCUT2D eigenvalue weighted by molar-refractivity contribution is 0.370. The summed E-state index contributed by atoms with van der Waals surface area (Å²) in [6, 6.07) is 8.90. The van der Waals surface area contributed by atoms with E-state index in [0.29, 0.717) is 16.8 Å². The van der Waals surface area contributed by atoms with E-state index in [9.17, 15) is 8.78 Å². The van der Waals surface area contributed by atoms with Gasteiger partial charge in [0.1, 0.15) is 6.07 Å². The molecule has 2 heterocycles. The second-order valence-corrected chi connectivity index (χ2v) is 4.52. The van der Waals surface area contributed by atoms with Crippen molar-refractivity contribution in [1.82, 2.24) is 4.40 Å². The van der Waals surface area contributed by atoms with Gasteiger partial charge in [-0.15, -0.1) is 0 Å². The van der Waals surface area contributed by atoms with Crippen molar-refractivity contribution in [2.24, 2.45) is 0 Å². The minimum absolute atomic E-state index is 0.0502. The Hall–Kier alpha value is -3.07. The van der Waals surface area contributed by atoms with Crippen LogP contribution < -0.4 is 9.47 Å². The normalized spacial score (nSPS) is 10.5. The fourth-order valence-corrected chi connectivity index (χ4v) is 2.12. The average Bonchev–Trinajstić information content (AvgIpc) is 2.95. The van der Waals surface area contributed by atoms with Crippen LogP contribution in [0.4, 0.5) is 8.78 Å². The van der Waals surface area contributed by atoms with Crippen molar-refractivity contribution < 1.29 is 18.3 Å². The maximum atomic E-state index is 13.4. The fourth-order valence-electron chi connectivity index (χ4n) is 2.12. The summed E-state index contributed by atoms with van der Waals surface area (Å²) in [4.78, 5) is 0. The van der Waals surface area contributed by atoms with Gasteiger partial charge in [0.05, 0.1) is 18.2 Å². The summed E-state index contributed by atoms with van der Waals surface area (Å²) >= 11 is 0. The first-order valence-corrected chi connectivity index (χ1v) is 6.34. The van der Waals surface area contributed by atoms with Crippen molar-refractivity contribution >= 4 is 5.52 Å². The molecule has 2 aromatic heterocycles. The van der Waals surface area contributed by atoms with Crippen LogP contribution in [-0.2, 0) is 0 Å². The van der Waals surface area contributed by atoms with Crippen LogP contribution in [0.5, 0.6) is 17.2 Å². The van der Waals surface area contributed by atoms with Crippen molar-refractivity contribution in [1.29, 1.82) is 5.26 Å². The molecule has 110 valence electrons. The Balaban J connectivity index is 2.09. The van der Waals surface area contributed by atoms with Crippen molar-refractivity contribution in [2.45, 2.75) is 0 Å². The van der Waals surface area contributed by atoms with Gasteiger partial charge in [0, 0.05) is 24.5 Å². The summed E-state index contributed by atoms with van der Waals surface area (Å²) < 4.78 is 39.0. The molecular formula is C16H10F2N2O2. The van der Waals surface area contributed by atoms with Gasteiger partial charge in [-0.25, -0.2) is 8.78 Å². The van der Waals surface area contributed by atoms with Crippen molar-refractivity contribution in [3.8, 4) is 23.3 Å². The highest BCUT2D eigenvalue weighted by Gasteiger charge is 2.14. The first kappa shape index (κ1) is 13.9. The molecule has 0 fully saturated rings. The van der Waals surface area contributed by atoms with Crippen molar-refractivity contribution in [3.05, 3.63) is 59.9 Å². The van der Waals surface area contributed by atoms with Gasteiger partial charge in [-0.05, 0) is 18.2 Å². The van der Waals surface area contributed by atoms with E-state index in [0.717, 1.165) is 12.1 Å². The zero-order valence-corrected chi connectivity index (χ0v) is 11.5. The highest BCUT2D eigenvalue weighted by atomic mass is 19.2. The van der Waals surface area contributed by atoms with Gasteiger partial charge < -0.3 is 13.9 Å². The lowest BCUT2D eigenvalue weighted by Gasteiger charge is -2.11. The van der Waals surface area contributed by atoms with Crippen LogP contribution in [0.15, 0.2) is 42.7 Å². The fraction of sp³-hybridized carbons (Fsp3) is 0.0625. The molecule has 0 radical (unpaired) electrons. The molecular weight excluding hydrogens is 290 g/mol. The van der Waals surface area contributed by atoms with E-state index >= 15 is 0 Å². The predicted molar refractivity (Wildman–Crippen MR) is 75.1 cm³/mol. The van der Waals surface area contributed by atoms with E-state index in [-0.39, 0.29) is 11.5 Å². The number of methoxy groups -OCH3 is 1. The molecule has 0 unspecified atom stereocenters. The van der Waals surface area contributed by atoms with Crippen LogP contribution in [0.1, 0.15) is 5.56 Å². The van der Waals surface area contributed by atoms with Crippen LogP contribution in [0.3, 0.4) is 0 Å².